The van der Waals surface area contributed by atoms with Gasteiger partial charge in [-0.15, -0.1) is 12.4 Å². The summed E-state index contributed by atoms with van der Waals surface area (Å²) in [5.41, 5.74) is 1.17. The molecule has 1 heterocycles. The van der Waals surface area contributed by atoms with E-state index >= 15 is 0 Å². The third kappa shape index (κ3) is 2.60. The summed E-state index contributed by atoms with van der Waals surface area (Å²) in [5, 5.41) is 2.79. The van der Waals surface area contributed by atoms with Crippen molar-refractivity contribution in [3.8, 4) is 0 Å². The summed E-state index contributed by atoms with van der Waals surface area (Å²) >= 11 is 0. The minimum Gasteiger partial charge on any atom is -0.349 e. The van der Waals surface area contributed by atoms with E-state index in [0.717, 1.165) is 0 Å². The number of benzene rings is 1. The predicted molar refractivity (Wildman–Crippen MR) is 59.3 cm³/mol. The highest BCUT2D eigenvalue weighted by atomic mass is 35.5. The highest BCUT2D eigenvalue weighted by molar-refractivity contribution is 5.85. The average Bonchev–Trinajstić information content (AvgIpc) is 2.12. The molecule has 1 atom stereocenters. The molecule has 1 fully saturated rings. The number of amides is 1. The molecule has 2 nitrogen and oxygen atoms in total. The Morgan fingerprint density at radius 3 is 2.50 bits per heavy atom. The Morgan fingerprint density at radius 1 is 1.29 bits per heavy atom. The smallest absolute Gasteiger partial charge is 0.222 e. The van der Waals surface area contributed by atoms with Gasteiger partial charge in [0.1, 0.15) is 0 Å². The van der Waals surface area contributed by atoms with Crippen molar-refractivity contribution in [2.75, 3.05) is 0 Å². The monoisotopic (exact) mass is 209 g/mol. The first kappa shape index (κ1) is 10.8. The zero-order valence-corrected chi connectivity index (χ0v) is 8.46. The molecule has 1 aliphatic rings. The second kappa shape index (κ2) is 4.82. The number of halogens is 1. The van der Waals surface area contributed by atoms with Crippen LogP contribution in [0.2, 0.25) is 0 Å². The van der Waals surface area contributed by atoms with Crippen LogP contribution in [-0.2, 0) is 4.79 Å². The van der Waals surface area contributed by atoms with Crippen LogP contribution in [0.4, 0.5) is 0 Å². The summed E-state index contributed by atoms with van der Waals surface area (Å²) in [7, 11) is 0. The fraction of sp³-hybridized carbons (Fsp3) is 0.182. The van der Waals surface area contributed by atoms with Crippen molar-refractivity contribution in [2.45, 2.75) is 12.5 Å². The van der Waals surface area contributed by atoms with E-state index in [-0.39, 0.29) is 24.4 Å². The molecule has 14 heavy (non-hydrogen) atoms. The minimum absolute atomic E-state index is 0. The van der Waals surface area contributed by atoms with Crippen molar-refractivity contribution in [1.82, 2.24) is 5.32 Å². The Kier molecular flexibility index (Phi) is 3.72. The topological polar surface area (TPSA) is 29.1 Å². The molecule has 1 aromatic carbocycles. The highest BCUT2D eigenvalue weighted by Crippen LogP contribution is 2.08. The predicted octanol–water partition coefficient (Wildman–Crippen LogP) is 2.01. The largest absolute Gasteiger partial charge is 0.349 e. The molecule has 0 saturated carbocycles. The van der Waals surface area contributed by atoms with Gasteiger partial charge < -0.3 is 5.32 Å². The van der Waals surface area contributed by atoms with Crippen molar-refractivity contribution in [1.29, 1.82) is 0 Å². The molecule has 1 aromatic rings. The van der Waals surface area contributed by atoms with Gasteiger partial charge in [0, 0.05) is 0 Å². The standard InChI is InChI=1S/C11H11NO.ClH/c13-11-8-10(12-11)7-6-9-4-2-1-3-5-9;/h1-7,10H,8H2,(H,12,13);1H. The first-order chi connectivity index (χ1) is 6.34. The zero-order valence-electron chi connectivity index (χ0n) is 7.64. The summed E-state index contributed by atoms with van der Waals surface area (Å²) in [5.74, 6) is 0.141. The molecule has 0 radical (unpaired) electrons. The van der Waals surface area contributed by atoms with Crippen LogP contribution in [-0.4, -0.2) is 11.9 Å². The van der Waals surface area contributed by atoms with Crippen LogP contribution in [0.5, 0.6) is 0 Å². The van der Waals surface area contributed by atoms with Crippen LogP contribution in [0.15, 0.2) is 36.4 Å². The van der Waals surface area contributed by atoms with E-state index in [9.17, 15) is 4.79 Å². The molecule has 3 heteroatoms. The number of hydrogen-bond acceptors (Lipinski definition) is 1. The van der Waals surface area contributed by atoms with E-state index in [1.54, 1.807) is 0 Å². The van der Waals surface area contributed by atoms with Gasteiger partial charge in [-0.3, -0.25) is 4.79 Å². The molecule has 74 valence electrons. The molecular weight excluding hydrogens is 198 g/mol. The maximum Gasteiger partial charge on any atom is 0.222 e. The number of carbonyl (C=O) groups is 1. The third-order valence-corrected chi connectivity index (χ3v) is 2.07. The molecule has 1 unspecified atom stereocenters. The van der Waals surface area contributed by atoms with Crippen LogP contribution >= 0.6 is 12.4 Å². The zero-order chi connectivity index (χ0) is 9.10. The van der Waals surface area contributed by atoms with Crippen LogP contribution in [0.1, 0.15) is 12.0 Å². The van der Waals surface area contributed by atoms with Gasteiger partial charge in [-0.05, 0) is 5.56 Å². The second-order valence-corrected chi connectivity index (χ2v) is 3.15. The van der Waals surface area contributed by atoms with Crippen LogP contribution in [0.25, 0.3) is 6.08 Å². The summed E-state index contributed by atoms with van der Waals surface area (Å²) in [6.45, 7) is 0. The van der Waals surface area contributed by atoms with Gasteiger partial charge in [0.25, 0.3) is 0 Å². The molecule has 1 amide bonds. The van der Waals surface area contributed by atoms with Crippen molar-refractivity contribution < 1.29 is 4.79 Å². The van der Waals surface area contributed by atoms with Gasteiger partial charge in [-0.25, -0.2) is 0 Å². The number of β-lactam (4-membered cyclic amide) rings is 1. The Labute approximate surface area is 89.4 Å². The molecule has 0 bridgehead atoms. The number of nitrogens with one attached hydrogen (secondary N) is 1. The molecule has 1 aliphatic heterocycles. The van der Waals surface area contributed by atoms with Gasteiger partial charge in [0.05, 0.1) is 12.5 Å². The Balaban J connectivity index is 0.000000980. The first-order valence-corrected chi connectivity index (χ1v) is 4.37. The number of rotatable bonds is 2. The summed E-state index contributed by atoms with van der Waals surface area (Å²) in [4.78, 5) is 10.6. The average molecular weight is 210 g/mol. The van der Waals surface area contributed by atoms with Crippen molar-refractivity contribution in [3.05, 3.63) is 42.0 Å². The van der Waals surface area contributed by atoms with Gasteiger partial charge >= 0.3 is 0 Å². The Morgan fingerprint density at radius 2 is 1.93 bits per heavy atom. The number of hydrogen-bond donors (Lipinski definition) is 1. The van der Waals surface area contributed by atoms with Gasteiger partial charge in [-0.1, -0.05) is 42.5 Å². The molecule has 0 aliphatic carbocycles. The summed E-state index contributed by atoms with van der Waals surface area (Å²) < 4.78 is 0. The van der Waals surface area contributed by atoms with E-state index in [0.29, 0.717) is 6.42 Å². The van der Waals surface area contributed by atoms with E-state index in [4.69, 9.17) is 0 Å². The van der Waals surface area contributed by atoms with Gasteiger partial charge in [0.2, 0.25) is 5.91 Å². The first-order valence-electron chi connectivity index (χ1n) is 4.37. The lowest BCUT2D eigenvalue weighted by molar-refractivity contribution is -0.127. The summed E-state index contributed by atoms with van der Waals surface area (Å²) in [6.07, 6.45) is 4.68. The maximum absolute atomic E-state index is 10.6. The number of carbonyl (C=O) groups excluding carboxylic acids is 1. The van der Waals surface area contributed by atoms with Gasteiger partial charge in [-0.2, -0.15) is 0 Å². The quantitative estimate of drug-likeness (QED) is 0.742. The Hall–Kier alpha value is -1.28. The van der Waals surface area contributed by atoms with Crippen LogP contribution < -0.4 is 5.32 Å². The highest BCUT2D eigenvalue weighted by Gasteiger charge is 2.21. The SMILES string of the molecule is Cl.O=C1CC(C=Cc2ccccc2)N1. The van der Waals surface area contributed by atoms with Crippen LogP contribution in [0, 0.1) is 0 Å². The molecule has 1 saturated heterocycles. The lowest BCUT2D eigenvalue weighted by Crippen LogP contribution is -2.46. The molecular formula is C11H12ClNO. The molecule has 0 aromatic heterocycles. The fourth-order valence-corrected chi connectivity index (χ4v) is 1.29. The second-order valence-electron chi connectivity index (χ2n) is 3.15. The van der Waals surface area contributed by atoms with E-state index in [2.05, 4.69) is 5.32 Å². The lowest BCUT2D eigenvalue weighted by atomic mass is 10.0. The van der Waals surface area contributed by atoms with Crippen LogP contribution in [0.3, 0.4) is 0 Å². The fourth-order valence-electron chi connectivity index (χ4n) is 1.29. The normalized spacial score (nSPS) is 19.7. The Bertz CT molecular complexity index is 326. The van der Waals surface area contributed by atoms with E-state index < -0.39 is 0 Å². The van der Waals surface area contributed by atoms with Crippen molar-refractivity contribution in [2.24, 2.45) is 0 Å². The molecule has 2 rings (SSSR count). The van der Waals surface area contributed by atoms with E-state index in [1.165, 1.54) is 5.56 Å². The van der Waals surface area contributed by atoms with Gasteiger partial charge in [0.15, 0.2) is 0 Å². The third-order valence-electron chi connectivity index (χ3n) is 2.07. The maximum atomic E-state index is 10.6. The van der Waals surface area contributed by atoms with E-state index in [1.807, 2.05) is 42.5 Å². The summed E-state index contributed by atoms with van der Waals surface area (Å²) in [6, 6.07) is 10.3. The molecule has 1 N–H and O–H groups in total. The minimum atomic E-state index is 0. The van der Waals surface area contributed by atoms with Crippen molar-refractivity contribution >= 4 is 24.4 Å². The van der Waals surface area contributed by atoms with Crippen molar-refractivity contribution in [3.63, 3.8) is 0 Å². The molecule has 0 spiro atoms. The lowest BCUT2D eigenvalue weighted by Gasteiger charge is -2.23.